The van der Waals surface area contributed by atoms with Gasteiger partial charge >= 0.3 is 6.18 Å². The second kappa shape index (κ2) is 9.18. The van der Waals surface area contributed by atoms with Gasteiger partial charge in [-0.05, 0) is 47.9 Å². The Balaban J connectivity index is 1.23. The summed E-state index contributed by atoms with van der Waals surface area (Å²) in [6.45, 7) is 1.86. The Labute approximate surface area is 198 Å². The molecule has 0 spiro atoms. The maximum Gasteiger partial charge on any atom is 0.417 e. The molecule has 1 fully saturated rings. The fraction of sp³-hybridized carbons (Fsp3) is 0.280. The van der Waals surface area contributed by atoms with Gasteiger partial charge < -0.3 is 19.4 Å². The van der Waals surface area contributed by atoms with Gasteiger partial charge in [0.15, 0.2) is 5.82 Å². The zero-order chi connectivity index (χ0) is 24.6. The van der Waals surface area contributed by atoms with Crippen LogP contribution in [-0.4, -0.2) is 27.7 Å². The van der Waals surface area contributed by atoms with Crippen molar-refractivity contribution in [1.82, 2.24) is 14.5 Å². The highest BCUT2D eigenvalue weighted by Crippen LogP contribution is 2.30. The van der Waals surface area contributed by atoms with Crippen LogP contribution in [0.1, 0.15) is 16.7 Å². The summed E-state index contributed by atoms with van der Waals surface area (Å²) in [6, 6.07) is 12.6. The smallest absolute Gasteiger partial charge is 0.417 e. The summed E-state index contributed by atoms with van der Waals surface area (Å²) >= 11 is 0. The number of pyridine rings is 1. The third-order valence-electron chi connectivity index (χ3n) is 5.89. The average molecular weight is 486 g/mol. The minimum atomic E-state index is -4.45. The molecule has 0 amide bonds. The van der Waals surface area contributed by atoms with Crippen LogP contribution in [0.2, 0.25) is 0 Å². The number of fused-ring (bicyclic) bond motifs is 1. The lowest BCUT2D eigenvalue weighted by atomic mass is 9.97. The highest BCUT2D eigenvalue weighted by molar-refractivity contribution is 5.80. The lowest BCUT2D eigenvalue weighted by Gasteiger charge is -2.25. The standard InChI is InChI=1S/C25H22F4N4O2/c1-33-21-10-16(8-17-13-34-14-17)9-20(26)23(21)32-24(33)31-11-15-2-5-19(6-3-15)35-22-7-4-18(12-30-22)25(27,28)29/h2-7,9-10,12,17H,8,11,13-14H2,1H3,(H,31,32). The zero-order valence-corrected chi connectivity index (χ0v) is 18.8. The van der Waals surface area contributed by atoms with Crippen LogP contribution in [0, 0.1) is 11.7 Å². The highest BCUT2D eigenvalue weighted by atomic mass is 19.4. The molecule has 3 heterocycles. The SMILES string of the molecule is Cn1c(NCc2ccc(Oc3ccc(C(F)(F)F)cn3)cc2)nc2c(F)cc(CC3COC3)cc21. The molecule has 0 unspecified atom stereocenters. The Bertz CT molecular complexity index is 1330. The Morgan fingerprint density at radius 1 is 1.09 bits per heavy atom. The fourth-order valence-electron chi connectivity index (χ4n) is 3.90. The van der Waals surface area contributed by atoms with Crippen LogP contribution >= 0.6 is 0 Å². The first kappa shape index (κ1) is 23.1. The summed E-state index contributed by atoms with van der Waals surface area (Å²) in [6.07, 6.45) is -2.94. The van der Waals surface area contributed by atoms with Crippen molar-refractivity contribution in [3.05, 3.63) is 77.2 Å². The van der Waals surface area contributed by atoms with Crippen LogP contribution in [0.5, 0.6) is 11.6 Å². The predicted octanol–water partition coefficient (Wildman–Crippen LogP) is 5.72. The monoisotopic (exact) mass is 486 g/mol. The molecule has 1 saturated heterocycles. The molecule has 0 radical (unpaired) electrons. The van der Waals surface area contributed by atoms with Crippen molar-refractivity contribution >= 4 is 17.0 Å². The summed E-state index contributed by atoms with van der Waals surface area (Å²) in [4.78, 5) is 8.12. The topological polar surface area (TPSA) is 61.2 Å². The quantitative estimate of drug-likeness (QED) is 0.339. The number of aromatic nitrogens is 3. The van der Waals surface area contributed by atoms with Gasteiger partial charge in [-0.3, -0.25) is 0 Å². The number of halogens is 4. The normalized spacial score (nSPS) is 14.2. The van der Waals surface area contributed by atoms with Crippen molar-refractivity contribution in [1.29, 1.82) is 0 Å². The van der Waals surface area contributed by atoms with Gasteiger partial charge in [0.25, 0.3) is 0 Å². The molecule has 0 aliphatic carbocycles. The van der Waals surface area contributed by atoms with E-state index in [2.05, 4.69) is 15.3 Å². The summed E-state index contributed by atoms with van der Waals surface area (Å²) in [5, 5.41) is 3.22. The Morgan fingerprint density at radius 2 is 1.86 bits per heavy atom. The van der Waals surface area contributed by atoms with Crippen LogP contribution < -0.4 is 10.1 Å². The lowest BCUT2D eigenvalue weighted by molar-refractivity contribution is -0.137. The van der Waals surface area contributed by atoms with Gasteiger partial charge in [-0.2, -0.15) is 13.2 Å². The minimum Gasteiger partial charge on any atom is -0.439 e. The number of hydrogen-bond acceptors (Lipinski definition) is 5. The van der Waals surface area contributed by atoms with E-state index in [4.69, 9.17) is 9.47 Å². The van der Waals surface area contributed by atoms with Crippen LogP contribution in [0.25, 0.3) is 11.0 Å². The van der Waals surface area contributed by atoms with E-state index in [0.717, 1.165) is 35.3 Å². The molecule has 1 aliphatic heterocycles. The summed E-state index contributed by atoms with van der Waals surface area (Å²) in [5.41, 5.74) is 2.04. The lowest BCUT2D eigenvalue weighted by Crippen LogP contribution is -2.29. The van der Waals surface area contributed by atoms with E-state index in [-0.39, 0.29) is 11.7 Å². The average Bonchev–Trinajstić information content (AvgIpc) is 3.12. The molecule has 35 heavy (non-hydrogen) atoms. The van der Waals surface area contributed by atoms with Gasteiger partial charge in [-0.15, -0.1) is 0 Å². The summed E-state index contributed by atoms with van der Waals surface area (Å²) < 4.78 is 65.2. The van der Waals surface area contributed by atoms with Gasteiger partial charge in [-0.25, -0.2) is 14.4 Å². The van der Waals surface area contributed by atoms with Gasteiger partial charge in [0.2, 0.25) is 11.8 Å². The van der Waals surface area contributed by atoms with Crippen molar-refractivity contribution in [2.45, 2.75) is 19.1 Å². The van der Waals surface area contributed by atoms with Crippen LogP contribution in [0.4, 0.5) is 23.5 Å². The first-order valence-corrected chi connectivity index (χ1v) is 11.0. The van der Waals surface area contributed by atoms with Crippen molar-refractivity contribution in [3.63, 3.8) is 0 Å². The molecule has 182 valence electrons. The number of anilines is 1. The number of aryl methyl sites for hydroxylation is 1. The van der Waals surface area contributed by atoms with Gasteiger partial charge in [0.05, 0.1) is 24.3 Å². The summed E-state index contributed by atoms with van der Waals surface area (Å²) in [7, 11) is 1.83. The number of imidazole rings is 1. The highest BCUT2D eigenvalue weighted by Gasteiger charge is 2.30. The molecule has 0 bridgehead atoms. The van der Waals surface area contributed by atoms with E-state index < -0.39 is 11.7 Å². The molecule has 5 rings (SSSR count). The van der Waals surface area contributed by atoms with E-state index in [1.807, 2.05) is 29.8 Å². The van der Waals surface area contributed by atoms with Crippen molar-refractivity contribution in [3.8, 4) is 11.6 Å². The molecule has 0 saturated carbocycles. The van der Waals surface area contributed by atoms with Gasteiger partial charge in [0.1, 0.15) is 11.3 Å². The molecule has 1 aliphatic rings. The number of hydrogen-bond donors (Lipinski definition) is 1. The van der Waals surface area contributed by atoms with E-state index >= 15 is 0 Å². The number of ether oxygens (including phenoxy) is 2. The number of rotatable bonds is 7. The van der Waals surface area contributed by atoms with E-state index in [0.29, 0.717) is 42.9 Å². The molecular formula is C25H22F4N4O2. The molecule has 6 nitrogen and oxygen atoms in total. The molecule has 10 heteroatoms. The van der Waals surface area contributed by atoms with Crippen LogP contribution in [0.3, 0.4) is 0 Å². The first-order valence-electron chi connectivity index (χ1n) is 11.0. The van der Waals surface area contributed by atoms with Crippen molar-refractivity contribution < 1.29 is 27.0 Å². The molecule has 4 aromatic rings. The van der Waals surface area contributed by atoms with Crippen LogP contribution in [-0.2, 0) is 30.9 Å². The number of nitrogens with zero attached hydrogens (tertiary/aromatic N) is 3. The number of nitrogens with one attached hydrogen (secondary N) is 1. The second-order valence-electron chi connectivity index (χ2n) is 8.53. The van der Waals surface area contributed by atoms with Crippen LogP contribution in [0.15, 0.2) is 54.7 Å². The molecule has 0 atom stereocenters. The van der Waals surface area contributed by atoms with Crippen molar-refractivity contribution in [2.75, 3.05) is 18.5 Å². The predicted molar refractivity (Wildman–Crippen MR) is 122 cm³/mol. The largest absolute Gasteiger partial charge is 0.439 e. The second-order valence-corrected chi connectivity index (χ2v) is 8.53. The maximum atomic E-state index is 14.7. The molecule has 2 aromatic heterocycles. The third kappa shape index (κ3) is 5.07. The van der Waals surface area contributed by atoms with Crippen molar-refractivity contribution in [2.24, 2.45) is 13.0 Å². The van der Waals surface area contributed by atoms with Gasteiger partial charge in [0, 0.05) is 31.8 Å². The Morgan fingerprint density at radius 3 is 2.49 bits per heavy atom. The fourth-order valence-corrected chi connectivity index (χ4v) is 3.90. The first-order chi connectivity index (χ1) is 16.8. The van der Waals surface area contributed by atoms with E-state index in [1.165, 1.54) is 6.07 Å². The maximum absolute atomic E-state index is 14.7. The van der Waals surface area contributed by atoms with Gasteiger partial charge in [-0.1, -0.05) is 12.1 Å². The molecule has 1 N–H and O–H groups in total. The summed E-state index contributed by atoms with van der Waals surface area (Å²) in [5.74, 6) is 1.13. The number of benzene rings is 2. The molecule has 2 aromatic carbocycles. The van der Waals surface area contributed by atoms with E-state index in [1.54, 1.807) is 18.2 Å². The number of alkyl halides is 3. The minimum absolute atomic E-state index is 0.0646. The van der Waals surface area contributed by atoms with E-state index in [9.17, 15) is 17.6 Å². The Kier molecular flexibility index (Phi) is 6.06. The zero-order valence-electron chi connectivity index (χ0n) is 18.8. The molecular weight excluding hydrogens is 464 g/mol. The third-order valence-corrected chi connectivity index (χ3v) is 5.89. The Hall–Kier alpha value is -3.66.